The quantitative estimate of drug-likeness (QED) is 0.448. The Labute approximate surface area is 199 Å². The van der Waals surface area contributed by atoms with Gasteiger partial charge in [-0.05, 0) is 54.7 Å². The summed E-state index contributed by atoms with van der Waals surface area (Å²) in [5.74, 6) is -0.611. The number of carbonyl (C=O) groups is 1. The van der Waals surface area contributed by atoms with E-state index in [0.717, 1.165) is 18.4 Å². The zero-order valence-corrected chi connectivity index (χ0v) is 19.0. The Hall–Kier alpha value is -3.78. The molecule has 1 fully saturated rings. The molecule has 1 aliphatic carbocycles. The minimum absolute atomic E-state index is 0.0448. The molecule has 4 aromatic rings. The first-order chi connectivity index (χ1) is 16.4. The third-order valence-electron chi connectivity index (χ3n) is 5.84. The van der Waals surface area contributed by atoms with Crippen molar-refractivity contribution in [2.24, 2.45) is 13.0 Å². The van der Waals surface area contributed by atoms with Crippen molar-refractivity contribution in [3.05, 3.63) is 99.3 Å². The van der Waals surface area contributed by atoms with E-state index in [1.165, 1.54) is 29.1 Å². The van der Waals surface area contributed by atoms with Crippen LogP contribution in [0, 0.1) is 11.7 Å². The van der Waals surface area contributed by atoms with Crippen molar-refractivity contribution in [3.8, 4) is 16.9 Å². The number of hydrogen-bond acceptors (Lipinski definition) is 4. The van der Waals surface area contributed by atoms with Gasteiger partial charge in [0.05, 0.1) is 24.1 Å². The Bertz CT molecular complexity index is 1410. The van der Waals surface area contributed by atoms with Crippen molar-refractivity contribution < 1.29 is 9.18 Å². The third-order valence-corrected chi connectivity index (χ3v) is 6.09. The fourth-order valence-electron chi connectivity index (χ4n) is 3.90. The predicted octanol–water partition coefficient (Wildman–Crippen LogP) is 4.31. The molecule has 0 radical (unpaired) electrons. The first-order valence-electron chi connectivity index (χ1n) is 10.8. The summed E-state index contributed by atoms with van der Waals surface area (Å²) in [6.45, 7) is 0. The molecule has 0 aliphatic heterocycles. The second kappa shape index (κ2) is 8.87. The lowest BCUT2D eigenvalue weighted by atomic mass is 10.0. The number of amides is 1. The standard InChI is InChI=1S/C25H21ClFN5O2/c1-31-14-20(13-28-31)32-25(34)21(12-22(30-32)15-4-8-18(26)9-5-15)24(33)29-23(16-2-3-16)17-6-10-19(27)11-7-17/h4-14,16,23H,2-3H2,1H3,(H,29,33)/t23-/m0/s1. The molecule has 1 amide bonds. The smallest absolute Gasteiger partial charge is 0.284 e. The second-order valence-corrected chi connectivity index (χ2v) is 8.82. The number of benzene rings is 2. The molecule has 1 atom stereocenters. The van der Waals surface area contributed by atoms with Crippen LogP contribution >= 0.6 is 11.6 Å². The van der Waals surface area contributed by atoms with E-state index in [0.29, 0.717) is 22.0 Å². The van der Waals surface area contributed by atoms with Crippen LogP contribution in [0.1, 0.15) is 34.8 Å². The summed E-state index contributed by atoms with van der Waals surface area (Å²) in [5, 5.41) is 12.2. The zero-order chi connectivity index (χ0) is 23.8. The van der Waals surface area contributed by atoms with Crippen LogP contribution in [0.4, 0.5) is 4.39 Å². The second-order valence-electron chi connectivity index (χ2n) is 8.38. The zero-order valence-electron chi connectivity index (χ0n) is 18.3. The van der Waals surface area contributed by atoms with Gasteiger partial charge in [-0.2, -0.15) is 14.9 Å². The highest BCUT2D eigenvalue weighted by molar-refractivity contribution is 6.30. The van der Waals surface area contributed by atoms with Gasteiger partial charge in [0, 0.05) is 17.6 Å². The highest BCUT2D eigenvalue weighted by atomic mass is 35.5. The molecule has 2 heterocycles. The molecule has 1 N–H and O–H groups in total. The van der Waals surface area contributed by atoms with Crippen molar-refractivity contribution in [2.45, 2.75) is 18.9 Å². The maximum atomic E-state index is 13.4. The Balaban J connectivity index is 1.57. The fraction of sp³-hybridized carbons (Fsp3) is 0.200. The summed E-state index contributed by atoms with van der Waals surface area (Å²) in [4.78, 5) is 26.7. The van der Waals surface area contributed by atoms with E-state index in [1.807, 2.05) is 0 Å². The first kappa shape index (κ1) is 22.0. The monoisotopic (exact) mass is 477 g/mol. The van der Waals surface area contributed by atoms with E-state index in [-0.39, 0.29) is 23.3 Å². The van der Waals surface area contributed by atoms with E-state index in [4.69, 9.17) is 11.6 Å². The van der Waals surface area contributed by atoms with Crippen molar-refractivity contribution in [2.75, 3.05) is 0 Å². The minimum Gasteiger partial charge on any atom is -0.345 e. The molecule has 0 saturated heterocycles. The molecule has 2 aromatic heterocycles. The average molecular weight is 478 g/mol. The van der Waals surface area contributed by atoms with Crippen molar-refractivity contribution in [1.29, 1.82) is 0 Å². The van der Waals surface area contributed by atoms with Crippen LogP contribution in [0.3, 0.4) is 0 Å². The van der Waals surface area contributed by atoms with Crippen molar-refractivity contribution in [1.82, 2.24) is 24.9 Å². The summed E-state index contributed by atoms with van der Waals surface area (Å²) in [5.41, 5.74) is 1.78. The number of carbonyl (C=O) groups excluding carboxylic acids is 1. The molecule has 9 heteroatoms. The predicted molar refractivity (Wildman–Crippen MR) is 126 cm³/mol. The highest BCUT2D eigenvalue weighted by Crippen LogP contribution is 2.41. The number of nitrogens with zero attached hydrogens (tertiary/aromatic N) is 4. The lowest BCUT2D eigenvalue weighted by Gasteiger charge is -2.19. The number of halogens is 2. The number of aromatic nitrogens is 4. The Morgan fingerprint density at radius 3 is 2.47 bits per heavy atom. The fourth-order valence-corrected chi connectivity index (χ4v) is 4.03. The number of aryl methyl sites for hydroxylation is 1. The summed E-state index contributed by atoms with van der Waals surface area (Å²) in [6, 6.07) is 14.2. The van der Waals surface area contributed by atoms with E-state index in [1.54, 1.807) is 54.3 Å². The van der Waals surface area contributed by atoms with Crippen molar-refractivity contribution >= 4 is 17.5 Å². The van der Waals surface area contributed by atoms with Crippen LogP contribution in [0.25, 0.3) is 16.9 Å². The Morgan fingerprint density at radius 1 is 1.15 bits per heavy atom. The molecule has 0 unspecified atom stereocenters. The van der Waals surface area contributed by atoms with Gasteiger partial charge in [0.2, 0.25) is 0 Å². The summed E-state index contributed by atoms with van der Waals surface area (Å²) in [7, 11) is 1.73. The number of hydrogen-bond donors (Lipinski definition) is 1. The van der Waals surface area contributed by atoms with Gasteiger partial charge in [-0.3, -0.25) is 14.3 Å². The first-order valence-corrected chi connectivity index (χ1v) is 11.2. The molecule has 1 saturated carbocycles. The topological polar surface area (TPSA) is 81.8 Å². The lowest BCUT2D eigenvalue weighted by molar-refractivity contribution is 0.0929. The van der Waals surface area contributed by atoms with Crippen LogP contribution < -0.4 is 10.9 Å². The van der Waals surface area contributed by atoms with Gasteiger partial charge in [-0.1, -0.05) is 35.9 Å². The van der Waals surface area contributed by atoms with Gasteiger partial charge in [-0.25, -0.2) is 4.39 Å². The molecular weight excluding hydrogens is 457 g/mol. The largest absolute Gasteiger partial charge is 0.345 e. The Kier molecular flexibility index (Phi) is 5.75. The highest BCUT2D eigenvalue weighted by Gasteiger charge is 2.34. The van der Waals surface area contributed by atoms with Crippen molar-refractivity contribution in [3.63, 3.8) is 0 Å². The lowest BCUT2D eigenvalue weighted by Crippen LogP contribution is -2.36. The molecule has 0 spiro atoms. The molecule has 172 valence electrons. The molecule has 7 nitrogen and oxygen atoms in total. The van der Waals surface area contributed by atoms with Crippen LogP contribution in [0.5, 0.6) is 0 Å². The maximum absolute atomic E-state index is 13.4. The summed E-state index contributed by atoms with van der Waals surface area (Å²) in [6.07, 6.45) is 5.06. The molecule has 1 aliphatic rings. The third kappa shape index (κ3) is 4.49. The van der Waals surface area contributed by atoms with Gasteiger partial charge in [0.15, 0.2) is 0 Å². The average Bonchev–Trinajstić information content (AvgIpc) is 3.58. The van der Waals surface area contributed by atoms with Gasteiger partial charge in [0.25, 0.3) is 11.5 Å². The van der Waals surface area contributed by atoms with Gasteiger partial charge in [-0.15, -0.1) is 0 Å². The molecule has 2 aromatic carbocycles. The van der Waals surface area contributed by atoms with Crippen LogP contribution in [0.2, 0.25) is 5.02 Å². The minimum atomic E-state index is -0.558. The summed E-state index contributed by atoms with van der Waals surface area (Å²) < 4.78 is 16.2. The number of rotatable bonds is 6. The molecular formula is C25H21ClFN5O2. The molecule has 0 bridgehead atoms. The SMILES string of the molecule is Cn1cc(-n2nc(-c3ccc(Cl)cc3)cc(C(=O)N[C@H](c3ccc(F)cc3)C3CC3)c2=O)cn1. The van der Waals surface area contributed by atoms with Crippen LogP contribution in [-0.2, 0) is 7.05 Å². The van der Waals surface area contributed by atoms with Crippen LogP contribution in [0.15, 0.2) is 71.8 Å². The van der Waals surface area contributed by atoms with E-state index in [9.17, 15) is 14.0 Å². The maximum Gasteiger partial charge on any atom is 0.284 e. The molecule has 5 rings (SSSR count). The van der Waals surface area contributed by atoms with Gasteiger partial charge >= 0.3 is 0 Å². The normalized spacial score (nSPS) is 14.1. The summed E-state index contributed by atoms with van der Waals surface area (Å²) >= 11 is 6.02. The van der Waals surface area contributed by atoms with Gasteiger partial charge in [0.1, 0.15) is 17.1 Å². The Morgan fingerprint density at radius 2 is 1.85 bits per heavy atom. The molecule has 34 heavy (non-hydrogen) atoms. The van der Waals surface area contributed by atoms with Gasteiger partial charge < -0.3 is 5.32 Å². The van der Waals surface area contributed by atoms with Crippen LogP contribution in [-0.4, -0.2) is 25.5 Å². The number of nitrogens with one attached hydrogen (secondary N) is 1. The van der Waals surface area contributed by atoms with E-state index >= 15 is 0 Å². The van der Waals surface area contributed by atoms with E-state index < -0.39 is 11.5 Å². The van der Waals surface area contributed by atoms with E-state index in [2.05, 4.69) is 15.5 Å².